The van der Waals surface area contributed by atoms with Gasteiger partial charge in [-0.25, -0.2) is 0 Å². The number of ether oxygens (including phenoxy) is 4. The number of thioether (sulfide) groups is 1. The number of carbonyl (C=O) groups is 4. The topological polar surface area (TPSA) is 117 Å². The molecule has 1 amide bonds. The normalized spacial score (nSPS) is 28.6. The summed E-state index contributed by atoms with van der Waals surface area (Å²) in [6.45, 7) is 4.93. The van der Waals surface area contributed by atoms with Crippen molar-refractivity contribution >= 4 is 35.6 Å². The average molecular weight is 377 g/mol. The highest BCUT2D eigenvalue weighted by molar-refractivity contribution is 8.00. The second-order valence-electron chi connectivity index (χ2n) is 5.46. The summed E-state index contributed by atoms with van der Waals surface area (Å²) < 4.78 is 21.0. The molecule has 1 N–H and O–H groups in total. The van der Waals surface area contributed by atoms with E-state index in [1.54, 1.807) is 0 Å². The monoisotopic (exact) mass is 377 g/mol. The molecule has 0 aromatic rings. The molecule has 5 atom stereocenters. The maximum Gasteiger partial charge on any atom is 0.303 e. The van der Waals surface area contributed by atoms with Gasteiger partial charge in [0.05, 0.1) is 5.25 Å². The van der Waals surface area contributed by atoms with Crippen LogP contribution in [0.3, 0.4) is 0 Å². The number of carbonyl (C=O) groups excluding carboxylic acids is 4. The quantitative estimate of drug-likeness (QED) is 0.504. The summed E-state index contributed by atoms with van der Waals surface area (Å²) in [5, 5.41) is 2.13. The molecule has 1 aliphatic rings. The van der Waals surface area contributed by atoms with Gasteiger partial charge in [-0.2, -0.15) is 0 Å². The van der Waals surface area contributed by atoms with Crippen LogP contribution in [0.15, 0.2) is 0 Å². The number of rotatable bonds is 6. The Hall–Kier alpha value is -1.81. The third kappa shape index (κ3) is 6.54. The molecule has 0 aromatic heterocycles. The number of nitrogens with one attached hydrogen (secondary N) is 1. The summed E-state index contributed by atoms with van der Waals surface area (Å²) in [6.07, 6.45) is -1.91. The fourth-order valence-corrected chi connectivity index (χ4v) is 3.85. The highest BCUT2D eigenvalue weighted by Gasteiger charge is 2.50. The SMILES string of the molecule is CO[C@H]1S[C@@H](COC(C)=O)[C@@H](OC(C)=O)[C@H](OC(C)=O)[C@@H]1NC(C)=O. The van der Waals surface area contributed by atoms with Crippen LogP contribution in [0.4, 0.5) is 0 Å². The van der Waals surface area contributed by atoms with Gasteiger partial charge in [0.1, 0.15) is 18.1 Å². The molecule has 10 heteroatoms. The third-order valence-corrected chi connectivity index (χ3v) is 4.81. The van der Waals surface area contributed by atoms with Gasteiger partial charge in [0.2, 0.25) is 5.91 Å². The second-order valence-corrected chi connectivity index (χ2v) is 6.80. The first kappa shape index (κ1) is 21.2. The zero-order valence-electron chi connectivity index (χ0n) is 14.8. The predicted molar refractivity (Wildman–Crippen MR) is 87.5 cm³/mol. The van der Waals surface area contributed by atoms with Gasteiger partial charge in [0.25, 0.3) is 0 Å². The molecule has 1 fully saturated rings. The molecule has 0 bridgehead atoms. The van der Waals surface area contributed by atoms with Crippen molar-refractivity contribution in [1.82, 2.24) is 5.32 Å². The number of esters is 3. The lowest BCUT2D eigenvalue weighted by Crippen LogP contribution is -2.63. The van der Waals surface area contributed by atoms with Gasteiger partial charge in [-0.1, -0.05) is 0 Å². The predicted octanol–water partition coefficient (Wildman–Crippen LogP) is 0.00550. The van der Waals surface area contributed by atoms with E-state index in [1.807, 2.05) is 0 Å². The van der Waals surface area contributed by atoms with Crippen LogP contribution in [0, 0.1) is 0 Å². The molecule has 0 radical (unpaired) electrons. The van der Waals surface area contributed by atoms with Crippen LogP contribution in [-0.2, 0) is 38.1 Å². The zero-order chi connectivity index (χ0) is 19.1. The highest BCUT2D eigenvalue weighted by atomic mass is 32.2. The summed E-state index contributed by atoms with van der Waals surface area (Å²) in [4.78, 5) is 45.7. The number of hydrogen-bond donors (Lipinski definition) is 1. The molecule has 1 saturated heterocycles. The smallest absolute Gasteiger partial charge is 0.303 e. The number of hydrogen-bond acceptors (Lipinski definition) is 9. The maximum absolute atomic E-state index is 11.5. The van der Waals surface area contributed by atoms with E-state index in [0.29, 0.717) is 0 Å². The Bertz CT molecular complexity index is 526. The standard InChI is InChI=1S/C15H23NO8S/c1-7(17)16-12-14(24-10(4)20)13(23-9(3)19)11(6-22-8(2)18)25-15(12)21-5/h11-15H,6H2,1-5H3,(H,16,17)/t11-,12-,13+,14+,15-/m0/s1. The van der Waals surface area contributed by atoms with Crippen LogP contribution in [0.5, 0.6) is 0 Å². The largest absolute Gasteiger partial charge is 0.465 e. The molecule has 0 spiro atoms. The lowest BCUT2D eigenvalue weighted by Gasteiger charge is -2.44. The van der Waals surface area contributed by atoms with Crippen molar-refractivity contribution in [3.05, 3.63) is 0 Å². The van der Waals surface area contributed by atoms with Gasteiger partial charge in [0, 0.05) is 34.8 Å². The summed E-state index contributed by atoms with van der Waals surface area (Å²) in [5.41, 5.74) is -0.597. The molecule has 142 valence electrons. The molecule has 1 heterocycles. The van der Waals surface area contributed by atoms with Crippen molar-refractivity contribution in [3.63, 3.8) is 0 Å². The first-order valence-corrected chi connectivity index (χ1v) is 8.53. The van der Waals surface area contributed by atoms with E-state index >= 15 is 0 Å². The minimum absolute atomic E-state index is 0.0671. The van der Waals surface area contributed by atoms with Gasteiger partial charge >= 0.3 is 17.9 Å². The van der Waals surface area contributed by atoms with Gasteiger partial charge in [-0.3, -0.25) is 19.2 Å². The van der Waals surface area contributed by atoms with Crippen LogP contribution in [-0.4, -0.2) is 66.5 Å². The van der Waals surface area contributed by atoms with Crippen LogP contribution in [0.1, 0.15) is 27.7 Å². The van der Waals surface area contributed by atoms with Gasteiger partial charge in [-0.15, -0.1) is 11.8 Å². The Morgan fingerprint density at radius 2 is 1.48 bits per heavy atom. The van der Waals surface area contributed by atoms with Gasteiger partial charge < -0.3 is 24.3 Å². The minimum atomic E-state index is -0.989. The first-order chi connectivity index (χ1) is 11.6. The van der Waals surface area contributed by atoms with Gasteiger partial charge in [0.15, 0.2) is 12.2 Å². The fraction of sp³-hybridized carbons (Fsp3) is 0.733. The van der Waals surface area contributed by atoms with Crippen molar-refractivity contribution in [2.45, 2.75) is 56.6 Å². The van der Waals surface area contributed by atoms with E-state index in [0.717, 1.165) is 0 Å². The van der Waals surface area contributed by atoms with Crippen molar-refractivity contribution in [2.24, 2.45) is 0 Å². The Balaban J connectivity index is 3.18. The Kier molecular flexibility index (Phi) is 8.17. The Morgan fingerprint density at radius 1 is 0.920 bits per heavy atom. The molecule has 1 rings (SSSR count). The van der Waals surface area contributed by atoms with E-state index in [2.05, 4.69) is 5.32 Å². The lowest BCUT2D eigenvalue weighted by atomic mass is 10.0. The molecule has 25 heavy (non-hydrogen) atoms. The van der Waals surface area contributed by atoms with E-state index in [4.69, 9.17) is 18.9 Å². The maximum atomic E-state index is 11.5. The average Bonchev–Trinajstić information content (AvgIpc) is 2.48. The van der Waals surface area contributed by atoms with Crippen molar-refractivity contribution in [2.75, 3.05) is 13.7 Å². The van der Waals surface area contributed by atoms with Gasteiger partial charge in [-0.05, 0) is 0 Å². The highest BCUT2D eigenvalue weighted by Crippen LogP contribution is 2.36. The molecule has 9 nitrogen and oxygen atoms in total. The summed E-state index contributed by atoms with van der Waals surface area (Å²) in [7, 11) is 1.44. The van der Waals surface area contributed by atoms with Crippen molar-refractivity contribution in [3.8, 4) is 0 Å². The first-order valence-electron chi connectivity index (χ1n) is 7.58. The molecule has 0 aromatic carbocycles. The second kappa shape index (κ2) is 9.62. The summed E-state index contributed by atoms with van der Waals surface area (Å²) in [6, 6.07) is -0.741. The minimum Gasteiger partial charge on any atom is -0.465 e. The molecule has 1 aliphatic heterocycles. The third-order valence-electron chi connectivity index (χ3n) is 3.30. The summed E-state index contributed by atoms with van der Waals surface area (Å²) in [5.74, 6) is -2.05. The molecule has 0 aliphatic carbocycles. The zero-order valence-corrected chi connectivity index (χ0v) is 15.6. The molecule has 0 unspecified atom stereocenters. The molecule has 0 saturated carbocycles. The van der Waals surface area contributed by atoms with Crippen LogP contribution in [0.2, 0.25) is 0 Å². The van der Waals surface area contributed by atoms with E-state index in [9.17, 15) is 19.2 Å². The van der Waals surface area contributed by atoms with Crippen LogP contribution in [0.25, 0.3) is 0 Å². The van der Waals surface area contributed by atoms with E-state index in [1.165, 1.54) is 46.6 Å². The summed E-state index contributed by atoms with van der Waals surface area (Å²) >= 11 is 1.22. The van der Waals surface area contributed by atoms with E-state index in [-0.39, 0.29) is 12.5 Å². The fourth-order valence-electron chi connectivity index (χ4n) is 2.49. The molecular weight excluding hydrogens is 354 g/mol. The number of methoxy groups -OCH3 is 1. The van der Waals surface area contributed by atoms with Crippen LogP contribution < -0.4 is 5.32 Å². The van der Waals surface area contributed by atoms with Crippen LogP contribution >= 0.6 is 11.8 Å². The molecular formula is C15H23NO8S. The lowest BCUT2D eigenvalue weighted by molar-refractivity contribution is -0.173. The Morgan fingerprint density at radius 3 is 1.92 bits per heavy atom. The Labute approximate surface area is 150 Å². The van der Waals surface area contributed by atoms with Crippen molar-refractivity contribution in [1.29, 1.82) is 0 Å². The van der Waals surface area contributed by atoms with E-state index < -0.39 is 46.8 Å². The van der Waals surface area contributed by atoms with Crippen molar-refractivity contribution < 1.29 is 38.1 Å². The number of amides is 1.